The van der Waals surface area contributed by atoms with E-state index in [9.17, 15) is 9.18 Å². The molecule has 0 saturated heterocycles. The number of carbonyl (C=O) groups excluding carboxylic acids is 1. The third kappa shape index (κ3) is 3.26. The minimum Gasteiger partial charge on any atom is -0.464 e. The van der Waals surface area contributed by atoms with Gasteiger partial charge in [0.2, 0.25) is 0 Å². The van der Waals surface area contributed by atoms with Crippen molar-refractivity contribution in [2.75, 3.05) is 5.32 Å². The summed E-state index contributed by atoms with van der Waals surface area (Å²) in [4.78, 5) is 12.2. The maximum absolute atomic E-state index is 14.0. The number of halogens is 1. The number of anilines is 1. The van der Waals surface area contributed by atoms with Crippen LogP contribution in [0.1, 0.15) is 17.7 Å². The number of nitrogens with zero attached hydrogens (tertiary/aromatic N) is 1. The summed E-state index contributed by atoms with van der Waals surface area (Å²) < 4.78 is 19.3. The number of furan rings is 1. The average Bonchev–Trinajstić information content (AvgIpc) is 3.27. The van der Waals surface area contributed by atoms with Crippen LogP contribution < -0.4 is 10.6 Å². The number of rotatable bonds is 3. The molecule has 3 aromatic rings. The molecule has 1 unspecified atom stereocenters. The lowest BCUT2D eigenvalue weighted by Crippen LogP contribution is -2.41. The molecule has 3 N–H and O–H groups in total. The van der Waals surface area contributed by atoms with Crippen molar-refractivity contribution in [2.45, 2.75) is 25.3 Å². The number of hydrogen-bond acceptors (Lipinski definition) is 3. The van der Waals surface area contributed by atoms with Gasteiger partial charge >= 0.3 is 6.03 Å². The Morgan fingerprint density at radius 2 is 2.28 bits per heavy atom. The molecule has 2 amide bonds. The molecule has 1 aliphatic rings. The number of aryl methyl sites for hydroxylation is 1. The first kappa shape index (κ1) is 15.4. The third-order valence-electron chi connectivity index (χ3n) is 4.37. The third-order valence-corrected chi connectivity index (χ3v) is 4.37. The van der Waals surface area contributed by atoms with E-state index in [1.165, 1.54) is 6.07 Å². The molecule has 2 aromatic heterocycles. The molecule has 0 saturated carbocycles. The van der Waals surface area contributed by atoms with Gasteiger partial charge in [0, 0.05) is 17.3 Å². The van der Waals surface area contributed by atoms with E-state index in [0.29, 0.717) is 17.7 Å². The molecule has 7 heteroatoms. The Labute approximate surface area is 143 Å². The molecule has 0 radical (unpaired) electrons. The van der Waals surface area contributed by atoms with Gasteiger partial charge in [-0.2, -0.15) is 5.10 Å². The molecule has 1 aliphatic carbocycles. The summed E-state index contributed by atoms with van der Waals surface area (Å²) in [6.45, 7) is 0. The fourth-order valence-corrected chi connectivity index (χ4v) is 3.10. The first-order valence-corrected chi connectivity index (χ1v) is 8.11. The normalized spacial score (nSPS) is 16.3. The number of nitrogens with one attached hydrogen (secondary N) is 3. The number of aromatic nitrogens is 2. The second kappa shape index (κ2) is 6.43. The zero-order valence-corrected chi connectivity index (χ0v) is 13.4. The lowest BCUT2D eigenvalue weighted by atomic mass is 9.94. The first-order chi connectivity index (χ1) is 12.2. The number of hydrogen-bond donors (Lipinski definition) is 3. The van der Waals surface area contributed by atoms with Gasteiger partial charge in [-0.1, -0.05) is 0 Å². The van der Waals surface area contributed by atoms with Gasteiger partial charge < -0.3 is 15.1 Å². The van der Waals surface area contributed by atoms with Crippen molar-refractivity contribution in [3.8, 4) is 11.3 Å². The van der Waals surface area contributed by atoms with Crippen LogP contribution in [0.4, 0.5) is 14.9 Å². The summed E-state index contributed by atoms with van der Waals surface area (Å²) in [6, 6.07) is 7.59. The topological polar surface area (TPSA) is 83.0 Å². The Balaban J connectivity index is 1.43. The maximum Gasteiger partial charge on any atom is 0.319 e. The zero-order valence-electron chi connectivity index (χ0n) is 13.4. The number of benzene rings is 1. The quantitative estimate of drug-likeness (QED) is 0.682. The molecule has 6 nitrogen and oxygen atoms in total. The lowest BCUT2D eigenvalue weighted by molar-refractivity contribution is 0.247. The van der Waals surface area contributed by atoms with E-state index in [4.69, 9.17) is 4.42 Å². The van der Waals surface area contributed by atoms with Crippen LogP contribution in [0, 0.1) is 5.82 Å². The van der Waals surface area contributed by atoms with Crippen LogP contribution in [0.3, 0.4) is 0 Å². The minimum absolute atomic E-state index is 0.00131. The van der Waals surface area contributed by atoms with Crippen LogP contribution in [0.15, 0.2) is 47.2 Å². The van der Waals surface area contributed by atoms with Crippen LogP contribution in [0.2, 0.25) is 0 Å². The molecule has 2 heterocycles. The van der Waals surface area contributed by atoms with Crippen molar-refractivity contribution in [2.24, 2.45) is 0 Å². The summed E-state index contributed by atoms with van der Waals surface area (Å²) in [6.07, 6.45) is 5.70. The average molecular weight is 340 g/mol. The van der Waals surface area contributed by atoms with E-state index in [2.05, 4.69) is 20.8 Å². The summed E-state index contributed by atoms with van der Waals surface area (Å²) in [7, 11) is 0. The van der Waals surface area contributed by atoms with Gasteiger partial charge in [-0.25, -0.2) is 9.18 Å². The van der Waals surface area contributed by atoms with Gasteiger partial charge in [0.15, 0.2) is 0 Å². The van der Waals surface area contributed by atoms with Crippen LogP contribution >= 0.6 is 0 Å². The van der Waals surface area contributed by atoms with Crippen molar-refractivity contribution >= 4 is 11.7 Å². The molecule has 128 valence electrons. The summed E-state index contributed by atoms with van der Waals surface area (Å²) in [5.41, 5.74) is 3.05. The largest absolute Gasteiger partial charge is 0.464 e. The van der Waals surface area contributed by atoms with Gasteiger partial charge in [0.05, 0.1) is 18.1 Å². The fraction of sp³-hybridized carbons (Fsp3) is 0.222. The highest BCUT2D eigenvalue weighted by molar-refractivity contribution is 5.90. The highest BCUT2D eigenvalue weighted by Crippen LogP contribution is 2.25. The van der Waals surface area contributed by atoms with Crippen LogP contribution in [0.25, 0.3) is 11.3 Å². The Morgan fingerprint density at radius 3 is 3.12 bits per heavy atom. The van der Waals surface area contributed by atoms with Crippen LogP contribution in [-0.4, -0.2) is 22.3 Å². The Kier molecular flexibility index (Phi) is 3.97. The predicted octanol–water partition coefficient (Wildman–Crippen LogP) is 3.49. The van der Waals surface area contributed by atoms with Gasteiger partial charge in [-0.05, 0) is 55.2 Å². The molecular formula is C18H17FN4O2. The number of fused-ring (bicyclic) bond motifs is 1. The predicted molar refractivity (Wildman–Crippen MR) is 90.7 cm³/mol. The second-order valence-corrected chi connectivity index (χ2v) is 6.08. The van der Waals surface area contributed by atoms with E-state index in [1.54, 1.807) is 36.7 Å². The van der Waals surface area contributed by atoms with Crippen LogP contribution in [-0.2, 0) is 12.8 Å². The number of amides is 2. The van der Waals surface area contributed by atoms with E-state index >= 15 is 0 Å². The lowest BCUT2D eigenvalue weighted by Gasteiger charge is -2.23. The smallest absolute Gasteiger partial charge is 0.319 e. The molecule has 1 atom stereocenters. The fourth-order valence-electron chi connectivity index (χ4n) is 3.10. The first-order valence-electron chi connectivity index (χ1n) is 8.11. The van der Waals surface area contributed by atoms with Crippen molar-refractivity contribution in [3.05, 3.63) is 59.9 Å². The molecule has 0 aliphatic heterocycles. The van der Waals surface area contributed by atoms with Gasteiger partial charge in [-0.3, -0.25) is 5.10 Å². The zero-order chi connectivity index (χ0) is 17.2. The van der Waals surface area contributed by atoms with Gasteiger partial charge in [0.25, 0.3) is 0 Å². The minimum atomic E-state index is -0.494. The second-order valence-electron chi connectivity index (χ2n) is 6.08. The number of H-pyrrole nitrogens is 1. The van der Waals surface area contributed by atoms with E-state index in [0.717, 1.165) is 24.1 Å². The molecule has 0 bridgehead atoms. The summed E-state index contributed by atoms with van der Waals surface area (Å²) >= 11 is 0. The Morgan fingerprint density at radius 1 is 1.36 bits per heavy atom. The SMILES string of the molecule is O=C(Nc1cc(-c2ccco2)ccc1F)NC1CCc2[nH]ncc2C1. The Hall–Kier alpha value is -3.09. The van der Waals surface area contributed by atoms with Crippen molar-refractivity contribution in [1.29, 1.82) is 0 Å². The van der Waals surface area contributed by atoms with Crippen molar-refractivity contribution in [3.63, 3.8) is 0 Å². The van der Waals surface area contributed by atoms with E-state index in [-0.39, 0.29) is 11.7 Å². The van der Waals surface area contributed by atoms with Crippen molar-refractivity contribution < 1.29 is 13.6 Å². The number of aromatic amines is 1. The number of carbonyl (C=O) groups is 1. The Bertz CT molecular complexity index is 888. The highest BCUT2D eigenvalue weighted by Gasteiger charge is 2.22. The molecule has 25 heavy (non-hydrogen) atoms. The maximum atomic E-state index is 14.0. The van der Waals surface area contributed by atoms with Gasteiger partial charge in [0.1, 0.15) is 11.6 Å². The number of urea groups is 1. The molecular weight excluding hydrogens is 323 g/mol. The molecule has 4 rings (SSSR count). The van der Waals surface area contributed by atoms with Gasteiger partial charge in [-0.15, -0.1) is 0 Å². The van der Waals surface area contributed by atoms with Crippen LogP contribution in [0.5, 0.6) is 0 Å². The molecule has 0 spiro atoms. The highest BCUT2D eigenvalue weighted by atomic mass is 19.1. The molecule has 1 aromatic carbocycles. The molecule has 0 fully saturated rings. The summed E-state index contributed by atoms with van der Waals surface area (Å²) in [5, 5.41) is 12.5. The summed E-state index contributed by atoms with van der Waals surface area (Å²) in [5.74, 6) is 0.120. The monoisotopic (exact) mass is 340 g/mol. The standard InChI is InChI=1S/C18H17FN4O2/c19-14-5-3-11(17-2-1-7-25-17)9-16(14)22-18(24)21-13-4-6-15-12(8-13)10-20-23-15/h1-3,5,7,9-10,13H,4,6,8H2,(H,20,23)(H2,21,22,24). The van der Waals surface area contributed by atoms with E-state index < -0.39 is 11.8 Å². The van der Waals surface area contributed by atoms with Crippen molar-refractivity contribution in [1.82, 2.24) is 15.5 Å². The van der Waals surface area contributed by atoms with E-state index in [1.807, 2.05) is 0 Å².